The maximum absolute atomic E-state index is 13.7. The minimum Gasteiger partial charge on any atom is -0.497 e. The molecule has 0 aliphatic rings. The van der Waals surface area contributed by atoms with E-state index in [4.69, 9.17) is 9.72 Å². The van der Waals surface area contributed by atoms with E-state index in [2.05, 4.69) is 24.1 Å². The standard InChI is InChI=1S/C30H28N4O3S/c1-19(2)20-9-11-22(12-10-20)32-26(35)18-38-30-33-27-25(21-7-5-4-6-8-21)17-31-28(27)29(36)34(30)23-13-15-24(37-3)16-14-23/h4-17,19,31H,18H2,1-3H3,(H,32,35). The highest BCUT2D eigenvalue weighted by atomic mass is 32.2. The lowest BCUT2D eigenvalue weighted by Gasteiger charge is -2.13. The van der Waals surface area contributed by atoms with Gasteiger partial charge in [-0.15, -0.1) is 0 Å². The molecular formula is C30H28N4O3S. The Labute approximate surface area is 224 Å². The fourth-order valence-corrected chi connectivity index (χ4v) is 5.02. The summed E-state index contributed by atoms with van der Waals surface area (Å²) >= 11 is 1.22. The Morgan fingerprint density at radius 2 is 1.74 bits per heavy atom. The van der Waals surface area contributed by atoms with Crippen molar-refractivity contribution in [2.75, 3.05) is 18.2 Å². The van der Waals surface area contributed by atoms with Gasteiger partial charge in [0.15, 0.2) is 5.16 Å². The van der Waals surface area contributed by atoms with Crippen molar-refractivity contribution in [1.82, 2.24) is 14.5 Å². The number of aromatic amines is 1. The number of hydrogen-bond acceptors (Lipinski definition) is 5. The third-order valence-electron chi connectivity index (χ3n) is 6.28. The number of H-pyrrole nitrogens is 1. The molecule has 192 valence electrons. The second-order valence-electron chi connectivity index (χ2n) is 9.14. The fraction of sp³-hybridized carbons (Fsp3) is 0.167. The molecular weight excluding hydrogens is 496 g/mol. The summed E-state index contributed by atoms with van der Waals surface area (Å²) in [7, 11) is 1.59. The number of anilines is 1. The number of nitrogens with one attached hydrogen (secondary N) is 2. The lowest BCUT2D eigenvalue weighted by molar-refractivity contribution is -0.113. The number of amides is 1. The number of nitrogens with zero attached hydrogens (tertiary/aromatic N) is 2. The van der Waals surface area contributed by atoms with E-state index in [0.717, 1.165) is 16.8 Å². The number of fused-ring (bicyclic) bond motifs is 1. The van der Waals surface area contributed by atoms with Crippen LogP contribution in [0.1, 0.15) is 25.3 Å². The maximum atomic E-state index is 13.7. The van der Waals surface area contributed by atoms with Crippen LogP contribution in [0.25, 0.3) is 27.8 Å². The lowest BCUT2D eigenvalue weighted by atomic mass is 10.0. The van der Waals surface area contributed by atoms with Crippen molar-refractivity contribution in [3.63, 3.8) is 0 Å². The average molecular weight is 525 g/mol. The first-order valence-corrected chi connectivity index (χ1v) is 13.3. The largest absolute Gasteiger partial charge is 0.497 e. The minimum atomic E-state index is -0.241. The van der Waals surface area contributed by atoms with Crippen LogP contribution in [0.5, 0.6) is 5.75 Å². The van der Waals surface area contributed by atoms with Gasteiger partial charge in [0.2, 0.25) is 5.91 Å². The first-order chi connectivity index (χ1) is 18.4. The number of methoxy groups -OCH3 is 1. The Hall–Kier alpha value is -4.30. The normalized spacial score (nSPS) is 11.2. The number of benzene rings is 3. The molecule has 0 radical (unpaired) electrons. The lowest BCUT2D eigenvalue weighted by Crippen LogP contribution is -2.23. The molecule has 8 heteroatoms. The minimum absolute atomic E-state index is 0.0884. The zero-order valence-electron chi connectivity index (χ0n) is 21.4. The molecule has 0 aliphatic carbocycles. The van der Waals surface area contributed by atoms with E-state index in [1.807, 2.05) is 54.6 Å². The molecule has 0 fully saturated rings. The second-order valence-corrected chi connectivity index (χ2v) is 10.1. The van der Waals surface area contributed by atoms with Gasteiger partial charge in [-0.1, -0.05) is 68.1 Å². The molecule has 38 heavy (non-hydrogen) atoms. The Morgan fingerprint density at radius 3 is 2.39 bits per heavy atom. The molecule has 2 N–H and O–H groups in total. The molecule has 3 aromatic carbocycles. The molecule has 2 aromatic heterocycles. The van der Waals surface area contributed by atoms with Gasteiger partial charge in [-0.25, -0.2) is 4.98 Å². The first-order valence-electron chi connectivity index (χ1n) is 12.3. The van der Waals surface area contributed by atoms with E-state index in [1.165, 1.54) is 21.9 Å². The second kappa shape index (κ2) is 11.0. The van der Waals surface area contributed by atoms with Crippen molar-refractivity contribution in [2.45, 2.75) is 24.9 Å². The molecule has 0 bridgehead atoms. The average Bonchev–Trinajstić information content (AvgIpc) is 3.37. The van der Waals surface area contributed by atoms with E-state index in [9.17, 15) is 9.59 Å². The molecule has 0 spiro atoms. The molecule has 0 atom stereocenters. The molecule has 0 saturated heterocycles. The highest BCUT2D eigenvalue weighted by Gasteiger charge is 2.19. The molecule has 7 nitrogen and oxygen atoms in total. The van der Waals surface area contributed by atoms with Crippen molar-refractivity contribution >= 4 is 34.4 Å². The summed E-state index contributed by atoms with van der Waals surface area (Å²) in [4.78, 5) is 34.6. The third-order valence-corrected chi connectivity index (χ3v) is 7.22. The maximum Gasteiger partial charge on any atom is 0.283 e. The zero-order valence-corrected chi connectivity index (χ0v) is 22.2. The molecule has 0 unspecified atom stereocenters. The van der Waals surface area contributed by atoms with Gasteiger partial charge in [-0.05, 0) is 53.4 Å². The van der Waals surface area contributed by atoms with Crippen LogP contribution in [0.3, 0.4) is 0 Å². The highest BCUT2D eigenvalue weighted by Crippen LogP contribution is 2.29. The summed E-state index contributed by atoms with van der Waals surface area (Å²) in [6.45, 7) is 4.26. The molecule has 2 heterocycles. The van der Waals surface area contributed by atoms with Crippen LogP contribution in [0.2, 0.25) is 0 Å². The van der Waals surface area contributed by atoms with Crippen LogP contribution in [0, 0.1) is 0 Å². The Kier molecular flexibility index (Phi) is 7.33. The molecule has 0 saturated carbocycles. The quantitative estimate of drug-likeness (QED) is 0.185. The number of rotatable bonds is 8. The van der Waals surface area contributed by atoms with Crippen molar-refractivity contribution in [2.24, 2.45) is 0 Å². The number of hydrogen-bond donors (Lipinski definition) is 2. The number of aromatic nitrogens is 3. The van der Waals surface area contributed by atoms with Crippen LogP contribution in [0.4, 0.5) is 5.69 Å². The van der Waals surface area contributed by atoms with Crippen LogP contribution in [0.15, 0.2) is 95.0 Å². The Balaban J connectivity index is 1.50. The van der Waals surface area contributed by atoms with Gasteiger partial charge in [0.1, 0.15) is 16.8 Å². The van der Waals surface area contributed by atoms with Crippen LogP contribution < -0.4 is 15.6 Å². The van der Waals surface area contributed by atoms with E-state index in [0.29, 0.717) is 33.5 Å². The van der Waals surface area contributed by atoms with E-state index >= 15 is 0 Å². The van der Waals surface area contributed by atoms with Gasteiger partial charge in [-0.2, -0.15) is 0 Å². The predicted octanol–water partition coefficient (Wildman–Crippen LogP) is 6.24. The smallest absolute Gasteiger partial charge is 0.283 e. The fourth-order valence-electron chi connectivity index (χ4n) is 4.21. The van der Waals surface area contributed by atoms with Crippen molar-refractivity contribution in [3.8, 4) is 22.6 Å². The third kappa shape index (κ3) is 5.21. The molecule has 1 amide bonds. The summed E-state index contributed by atoms with van der Waals surface area (Å²) in [5.74, 6) is 1.00. The highest BCUT2D eigenvalue weighted by molar-refractivity contribution is 7.99. The number of carbonyl (C=O) groups excluding carboxylic acids is 1. The predicted molar refractivity (Wildman–Crippen MR) is 154 cm³/mol. The van der Waals surface area contributed by atoms with Gasteiger partial charge < -0.3 is 15.0 Å². The number of thioether (sulfide) groups is 1. The van der Waals surface area contributed by atoms with Gasteiger partial charge in [0.25, 0.3) is 5.56 Å². The van der Waals surface area contributed by atoms with Gasteiger partial charge in [0, 0.05) is 17.4 Å². The summed E-state index contributed by atoms with van der Waals surface area (Å²) in [5, 5.41) is 3.36. The summed E-state index contributed by atoms with van der Waals surface area (Å²) in [6, 6.07) is 24.8. The van der Waals surface area contributed by atoms with E-state index < -0.39 is 0 Å². The van der Waals surface area contributed by atoms with E-state index in [-0.39, 0.29) is 17.2 Å². The topological polar surface area (TPSA) is 89.0 Å². The number of carbonyl (C=O) groups is 1. The van der Waals surface area contributed by atoms with Crippen LogP contribution in [-0.2, 0) is 4.79 Å². The summed E-state index contributed by atoms with van der Waals surface area (Å²) < 4.78 is 6.81. The summed E-state index contributed by atoms with van der Waals surface area (Å²) in [6.07, 6.45) is 1.80. The van der Waals surface area contributed by atoms with Gasteiger partial charge in [-0.3, -0.25) is 14.2 Å². The first kappa shape index (κ1) is 25.4. The molecule has 0 aliphatic heterocycles. The molecule has 5 aromatic rings. The van der Waals surface area contributed by atoms with Crippen molar-refractivity contribution in [3.05, 3.63) is 101 Å². The Bertz CT molecular complexity index is 1620. The zero-order chi connectivity index (χ0) is 26.6. The van der Waals surface area contributed by atoms with Gasteiger partial charge >= 0.3 is 0 Å². The SMILES string of the molecule is COc1ccc(-n2c(SCC(=O)Nc3ccc(C(C)C)cc3)nc3c(-c4ccccc4)c[nH]c3c2=O)cc1. The van der Waals surface area contributed by atoms with E-state index in [1.54, 1.807) is 37.6 Å². The monoisotopic (exact) mass is 524 g/mol. The molecule has 5 rings (SSSR count). The Morgan fingerprint density at radius 1 is 1.03 bits per heavy atom. The summed E-state index contributed by atoms with van der Waals surface area (Å²) in [5.41, 5.74) is 5.08. The van der Waals surface area contributed by atoms with Crippen LogP contribution in [-0.4, -0.2) is 33.3 Å². The van der Waals surface area contributed by atoms with Crippen molar-refractivity contribution in [1.29, 1.82) is 0 Å². The number of ether oxygens (including phenoxy) is 1. The van der Waals surface area contributed by atoms with Crippen LogP contribution >= 0.6 is 11.8 Å². The van der Waals surface area contributed by atoms with Gasteiger partial charge in [0.05, 0.1) is 18.6 Å². The van der Waals surface area contributed by atoms with Crippen molar-refractivity contribution < 1.29 is 9.53 Å².